The lowest BCUT2D eigenvalue weighted by Crippen LogP contribution is -2.23. The molecule has 3 aromatic rings. The van der Waals surface area contributed by atoms with Crippen LogP contribution in [0.1, 0.15) is 66.2 Å². The molecular weight excluding hydrogens is 328 g/mol. The van der Waals surface area contributed by atoms with Crippen molar-refractivity contribution >= 4 is 22.4 Å². The molecule has 0 amide bonds. The fourth-order valence-corrected chi connectivity index (χ4v) is 5.52. The lowest BCUT2D eigenvalue weighted by atomic mass is 10.1. The summed E-state index contributed by atoms with van der Waals surface area (Å²) in [4.78, 5) is 17.1. The first-order valence-corrected chi connectivity index (χ1v) is 10.3. The topological polar surface area (TPSA) is 44.8 Å². The molecule has 0 radical (unpaired) electrons. The van der Waals surface area contributed by atoms with E-state index in [1.165, 1.54) is 48.4 Å². The van der Waals surface area contributed by atoms with Gasteiger partial charge in [0, 0.05) is 23.5 Å². The maximum absolute atomic E-state index is 4.85. The first-order valence-electron chi connectivity index (χ1n) is 9.50. The Morgan fingerprint density at radius 3 is 2.88 bits per heavy atom. The quantitative estimate of drug-likeness (QED) is 0.717. The van der Waals surface area contributed by atoms with Crippen LogP contribution in [0, 0.1) is 0 Å². The highest BCUT2D eigenvalue weighted by atomic mass is 32.1. The van der Waals surface area contributed by atoms with Gasteiger partial charge in [-0.25, -0.2) is 9.97 Å². The maximum atomic E-state index is 4.85. The second kappa shape index (κ2) is 6.54. The highest BCUT2D eigenvalue weighted by Crippen LogP contribution is 2.38. The van der Waals surface area contributed by atoms with Crippen molar-refractivity contribution in [2.45, 2.75) is 57.0 Å². The molecule has 1 aromatic carbocycles. The predicted molar refractivity (Wildman–Crippen MR) is 102 cm³/mol. The van der Waals surface area contributed by atoms with Crippen molar-refractivity contribution in [1.29, 1.82) is 0 Å². The van der Waals surface area contributed by atoms with Gasteiger partial charge in [0.25, 0.3) is 0 Å². The number of thiazole rings is 1. The summed E-state index contributed by atoms with van der Waals surface area (Å²) in [6, 6.07) is 8.73. The minimum atomic E-state index is 0.407. The molecule has 4 nitrogen and oxygen atoms in total. The van der Waals surface area contributed by atoms with Crippen LogP contribution in [0.3, 0.4) is 0 Å². The van der Waals surface area contributed by atoms with Gasteiger partial charge in [-0.1, -0.05) is 25.0 Å². The van der Waals surface area contributed by atoms with Gasteiger partial charge in [-0.05, 0) is 44.4 Å². The summed E-state index contributed by atoms with van der Waals surface area (Å²) >= 11 is 1.94. The van der Waals surface area contributed by atoms with E-state index in [1.807, 2.05) is 11.3 Å². The van der Waals surface area contributed by atoms with E-state index >= 15 is 0 Å². The van der Waals surface area contributed by atoms with Crippen molar-refractivity contribution in [2.75, 3.05) is 6.54 Å². The molecule has 5 rings (SSSR count). The summed E-state index contributed by atoms with van der Waals surface area (Å²) in [6.45, 7) is 2.16. The van der Waals surface area contributed by atoms with Crippen molar-refractivity contribution in [3.05, 3.63) is 46.2 Å². The number of para-hydroxylation sites is 2. The number of hydrogen-bond acceptors (Lipinski definition) is 4. The predicted octanol–water partition coefficient (Wildman–Crippen LogP) is 5.01. The van der Waals surface area contributed by atoms with E-state index in [0.29, 0.717) is 6.04 Å². The van der Waals surface area contributed by atoms with Crippen molar-refractivity contribution in [1.82, 2.24) is 19.9 Å². The lowest BCUT2D eigenvalue weighted by Gasteiger charge is -2.21. The first kappa shape index (κ1) is 15.5. The Balaban J connectivity index is 1.34. The summed E-state index contributed by atoms with van der Waals surface area (Å²) in [5.74, 6) is 1.85. The number of likely N-dealkylation sites (tertiary alicyclic amines) is 1. The normalized spacial score (nSPS) is 22.3. The first-order chi connectivity index (χ1) is 12.4. The summed E-state index contributed by atoms with van der Waals surface area (Å²) < 4.78 is 0. The van der Waals surface area contributed by atoms with E-state index in [1.54, 1.807) is 0 Å². The summed E-state index contributed by atoms with van der Waals surface area (Å²) in [5, 5.41) is 1.37. The number of aromatic amines is 1. The SMILES string of the molecule is c1ccc2[nH]c(C3CCCN3Cc3cnc(C4CCCC4)s3)nc2c1. The number of nitrogens with zero attached hydrogens (tertiary/aromatic N) is 3. The van der Waals surface area contributed by atoms with Crippen molar-refractivity contribution in [3.63, 3.8) is 0 Å². The van der Waals surface area contributed by atoms with Gasteiger partial charge < -0.3 is 4.98 Å². The second-order valence-electron chi connectivity index (χ2n) is 7.41. The van der Waals surface area contributed by atoms with Crippen LogP contribution < -0.4 is 0 Å². The van der Waals surface area contributed by atoms with E-state index in [2.05, 4.69) is 40.3 Å². The van der Waals surface area contributed by atoms with Gasteiger partial charge >= 0.3 is 0 Å². The van der Waals surface area contributed by atoms with Gasteiger partial charge in [0.1, 0.15) is 5.82 Å². The van der Waals surface area contributed by atoms with Crippen molar-refractivity contribution in [2.24, 2.45) is 0 Å². The maximum Gasteiger partial charge on any atom is 0.124 e. The molecule has 1 aliphatic carbocycles. The number of imidazole rings is 1. The van der Waals surface area contributed by atoms with Crippen LogP contribution in [0.15, 0.2) is 30.5 Å². The van der Waals surface area contributed by atoms with Crippen LogP contribution in [-0.4, -0.2) is 26.4 Å². The van der Waals surface area contributed by atoms with Gasteiger partial charge in [0.2, 0.25) is 0 Å². The van der Waals surface area contributed by atoms with Crippen LogP contribution in [0.4, 0.5) is 0 Å². The van der Waals surface area contributed by atoms with Gasteiger partial charge in [-0.2, -0.15) is 0 Å². The average Bonchev–Trinajstić information content (AvgIpc) is 3.41. The molecule has 1 unspecified atom stereocenters. The summed E-state index contributed by atoms with van der Waals surface area (Å²) in [5.41, 5.74) is 2.22. The Bertz CT molecular complexity index is 828. The molecule has 2 fully saturated rings. The van der Waals surface area contributed by atoms with Gasteiger partial charge in [0.15, 0.2) is 0 Å². The van der Waals surface area contributed by atoms with Crippen LogP contribution in [-0.2, 0) is 6.54 Å². The van der Waals surface area contributed by atoms with Crippen molar-refractivity contribution < 1.29 is 0 Å². The number of fused-ring (bicyclic) bond motifs is 1. The Labute approximate surface area is 152 Å². The lowest BCUT2D eigenvalue weighted by molar-refractivity contribution is 0.243. The van der Waals surface area contributed by atoms with E-state index in [9.17, 15) is 0 Å². The van der Waals surface area contributed by atoms with Gasteiger partial charge in [-0.3, -0.25) is 4.90 Å². The molecule has 130 valence electrons. The zero-order valence-electron chi connectivity index (χ0n) is 14.4. The van der Waals surface area contributed by atoms with Crippen LogP contribution in [0.5, 0.6) is 0 Å². The zero-order valence-corrected chi connectivity index (χ0v) is 15.3. The minimum absolute atomic E-state index is 0.407. The minimum Gasteiger partial charge on any atom is -0.341 e. The van der Waals surface area contributed by atoms with E-state index < -0.39 is 0 Å². The third kappa shape index (κ3) is 3.00. The molecule has 1 atom stereocenters. The Kier molecular flexibility index (Phi) is 4.06. The molecule has 1 aliphatic heterocycles. The molecule has 3 heterocycles. The fourth-order valence-electron chi connectivity index (χ4n) is 4.41. The third-order valence-corrected chi connectivity index (χ3v) is 6.87. The number of hydrogen-bond donors (Lipinski definition) is 1. The molecule has 2 aromatic heterocycles. The van der Waals surface area contributed by atoms with E-state index in [0.717, 1.165) is 35.9 Å². The second-order valence-corrected chi connectivity index (χ2v) is 8.56. The third-order valence-electron chi connectivity index (χ3n) is 5.72. The molecular formula is C20H24N4S. The molecule has 5 heteroatoms. The molecule has 25 heavy (non-hydrogen) atoms. The van der Waals surface area contributed by atoms with Crippen LogP contribution in [0.2, 0.25) is 0 Å². The number of H-pyrrole nitrogens is 1. The van der Waals surface area contributed by atoms with Gasteiger partial charge in [-0.15, -0.1) is 11.3 Å². The van der Waals surface area contributed by atoms with Crippen LogP contribution in [0.25, 0.3) is 11.0 Å². The molecule has 2 aliphatic rings. The fraction of sp³-hybridized carbons (Fsp3) is 0.500. The molecule has 0 spiro atoms. The average molecular weight is 353 g/mol. The highest BCUT2D eigenvalue weighted by molar-refractivity contribution is 7.11. The Morgan fingerprint density at radius 1 is 1.12 bits per heavy atom. The molecule has 1 N–H and O–H groups in total. The number of benzene rings is 1. The van der Waals surface area contributed by atoms with E-state index in [4.69, 9.17) is 9.97 Å². The number of aromatic nitrogens is 3. The largest absolute Gasteiger partial charge is 0.341 e. The standard InChI is InChI=1S/C20H24N4S/c1-2-7-14(6-1)20-21-12-15(25-20)13-24-11-5-10-18(24)19-22-16-8-3-4-9-17(16)23-19/h3-4,8-9,12,14,18H,1-2,5-7,10-11,13H2,(H,22,23). The summed E-state index contributed by atoms with van der Waals surface area (Å²) in [7, 11) is 0. The van der Waals surface area contributed by atoms with Crippen molar-refractivity contribution in [3.8, 4) is 0 Å². The molecule has 1 saturated heterocycles. The monoisotopic (exact) mass is 352 g/mol. The van der Waals surface area contributed by atoms with E-state index in [-0.39, 0.29) is 0 Å². The highest BCUT2D eigenvalue weighted by Gasteiger charge is 2.29. The smallest absolute Gasteiger partial charge is 0.124 e. The van der Waals surface area contributed by atoms with Crippen LogP contribution >= 0.6 is 11.3 Å². The number of rotatable bonds is 4. The zero-order chi connectivity index (χ0) is 16.6. The summed E-state index contributed by atoms with van der Waals surface area (Å²) in [6.07, 6.45) is 9.96. The Morgan fingerprint density at radius 2 is 2.00 bits per heavy atom. The Hall–Kier alpha value is -1.72. The number of nitrogens with one attached hydrogen (secondary N) is 1. The molecule has 1 saturated carbocycles. The molecule has 0 bridgehead atoms. The van der Waals surface area contributed by atoms with Gasteiger partial charge in [0.05, 0.1) is 22.1 Å².